The molecule has 4 aliphatic carbocycles. The first-order chi connectivity index (χ1) is 14.5. The fourth-order valence-electron chi connectivity index (χ4n) is 6.87. The van der Waals surface area contributed by atoms with Gasteiger partial charge >= 0.3 is 5.97 Å². The number of aliphatic carboxylic acids is 1. The molecule has 0 radical (unpaired) electrons. The molecule has 4 saturated carbocycles. The Morgan fingerprint density at radius 3 is 2.17 bits per heavy atom. The van der Waals surface area contributed by atoms with Crippen molar-refractivity contribution >= 4 is 12.0 Å². The minimum Gasteiger partial charge on any atom is -0.496 e. The molecule has 2 aromatic rings. The normalized spacial score (nSPS) is 29.4. The van der Waals surface area contributed by atoms with Crippen LogP contribution in [0.3, 0.4) is 0 Å². The number of hydrogen-bond donors (Lipinski definition) is 1. The molecule has 0 spiro atoms. The van der Waals surface area contributed by atoms with Gasteiger partial charge in [-0.2, -0.15) is 0 Å². The van der Waals surface area contributed by atoms with Crippen LogP contribution in [0.2, 0.25) is 0 Å². The maximum atomic E-state index is 10.7. The summed E-state index contributed by atoms with van der Waals surface area (Å²) >= 11 is 0. The Hall–Kier alpha value is -2.55. The summed E-state index contributed by atoms with van der Waals surface area (Å²) in [6.45, 7) is 0. The Labute approximate surface area is 178 Å². The molecular formula is C27H30O3. The van der Waals surface area contributed by atoms with Gasteiger partial charge in [-0.1, -0.05) is 36.4 Å². The third kappa shape index (κ3) is 3.66. The third-order valence-corrected chi connectivity index (χ3v) is 7.68. The van der Waals surface area contributed by atoms with Crippen LogP contribution in [0.15, 0.2) is 48.5 Å². The maximum absolute atomic E-state index is 10.7. The molecule has 4 aliphatic rings. The van der Waals surface area contributed by atoms with E-state index in [1.807, 2.05) is 19.2 Å². The van der Waals surface area contributed by atoms with E-state index < -0.39 is 5.97 Å². The minimum atomic E-state index is -0.922. The van der Waals surface area contributed by atoms with Gasteiger partial charge in [0.2, 0.25) is 0 Å². The molecule has 0 heterocycles. The Bertz CT molecular complexity index is 935. The molecule has 2 aromatic carbocycles. The lowest BCUT2D eigenvalue weighted by atomic mass is 9.48. The van der Waals surface area contributed by atoms with Crippen LogP contribution in [-0.2, 0) is 16.6 Å². The van der Waals surface area contributed by atoms with Gasteiger partial charge in [-0.05, 0) is 96.9 Å². The molecule has 6 rings (SSSR count). The van der Waals surface area contributed by atoms with E-state index in [1.54, 1.807) is 6.08 Å². The number of ether oxygens (including phenoxy) is 1. The van der Waals surface area contributed by atoms with Gasteiger partial charge in [0.25, 0.3) is 0 Å². The highest BCUT2D eigenvalue weighted by Gasteiger charge is 2.52. The van der Waals surface area contributed by atoms with Crippen molar-refractivity contribution in [1.82, 2.24) is 0 Å². The lowest BCUT2D eigenvalue weighted by Gasteiger charge is -2.57. The fraction of sp³-hybridized carbons (Fsp3) is 0.444. The van der Waals surface area contributed by atoms with E-state index in [2.05, 4.69) is 30.3 Å². The average Bonchev–Trinajstić information content (AvgIpc) is 2.72. The number of hydrogen-bond acceptors (Lipinski definition) is 2. The second-order valence-corrected chi connectivity index (χ2v) is 9.82. The summed E-state index contributed by atoms with van der Waals surface area (Å²) in [4.78, 5) is 10.7. The van der Waals surface area contributed by atoms with Crippen LogP contribution >= 0.6 is 0 Å². The van der Waals surface area contributed by atoms with Gasteiger partial charge in [0.15, 0.2) is 0 Å². The van der Waals surface area contributed by atoms with Crippen LogP contribution in [0.4, 0.5) is 0 Å². The van der Waals surface area contributed by atoms with Crippen LogP contribution in [0, 0.1) is 17.8 Å². The van der Waals surface area contributed by atoms with Crippen LogP contribution < -0.4 is 4.74 Å². The maximum Gasteiger partial charge on any atom is 0.328 e. The summed E-state index contributed by atoms with van der Waals surface area (Å²) in [5, 5.41) is 8.78. The number of methoxy groups -OCH3 is 1. The van der Waals surface area contributed by atoms with Crippen molar-refractivity contribution < 1.29 is 14.6 Å². The molecule has 156 valence electrons. The van der Waals surface area contributed by atoms with E-state index in [-0.39, 0.29) is 0 Å². The van der Waals surface area contributed by atoms with E-state index in [4.69, 9.17) is 9.84 Å². The first-order valence-corrected chi connectivity index (χ1v) is 11.2. The smallest absolute Gasteiger partial charge is 0.328 e. The highest BCUT2D eigenvalue weighted by atomic mass is 16.5. The largest absolute Gasteiger partial charge is 0.496 e. The highest BCUT2D eigenvalue weighted by Crippen LogP contribution is 2.61. The Balaban J connectivity index is 1.41. The molecule has 4 bridgehead atoms. The predicted molar refractivity (Wildman–Crippen MR) is 119 cm³/mol. The second kappa shape index (κ2) is 7.61. The Morgan fingerprint density at radius 1 is 1.00 bits per heavy atom. The minimum absolute atomic E-state index is 0.321. The van der Waals surface area contributed by atoms with Crippen molar-refractivity contribution in [2.75, 3.05) is 7.11 Å². The lowest BCUT2D eigenvalue weighted by molar-refractivity contribution is -0.131. The summed E-state index contributed by atoms with van der Waals surface area (Å²) in [6, 6.07) is 14.9. The van der Waals surface area contributed by atoms with Gasteiger partial charge in [0, 0.05) is 11.6 Å². The fourth-order valence-corrected chi connectivity index (χ4v) is 6.87. The summed E-state index contributed by atoms with van der Waals surface area (Å²) in [7, 11) is 1.81. The van der Waals surface area contributed by atoms with Crippen molar-refractivity contribution in [3.8, 4) is 5.75 Å². The van der Waals surface area contributed by atoms with Crippen molar-refractivity contribution in [1.29, 1.82) is 0 Å². The number of carboxylic acid groups (broad SMARTS) is 1. The standard InChI is InChI=1S/C27H30O3/c1-30-25-8-6-20(10-19-4-2-18(3-5-19)7-9-26(28)29)14-24(25)27-15-21-11-22(16-27)13-23(12-21)17-27/h2-9,14,21-23H,10-13,15-17H2,1H3,(H,28,29)/b9-7+. The molecule has 3 heteroatoms. The number of carboxylic acids is 1. The van der Waals surface area contributed by atoms with Crippen LogP contribution in [-0.4, -0.2) is 18.2 Å². The van der Waals surface area contributed by atoms with Gasteiger partial charge in [-0.3, -0.25) is 0 Å². The molecule has 0 saturated heterocycles. The van der Waals surface area contributed by atoms with Gasteiger partial charge in [-0.25, -0.2) is 4.79 Å². The summed E-state index contributed by atoms with van der Waals surface area (Å²) in [6.07, 6.45) is 12.0. The molecule has 3 nitrogen and oxygen atoms in total. The third-order valence-electron chi connectivity index (χ3n) is 7.68. The SMILES string of the molecule is COc1ccc(Cc2ccc(/C=C/C(=O)O)cc2)cc1C12CC3CC(CC(C3)C1)C2. The Kier molecular flexibility index (Phi) is 4.92. The van der Waals surface area contributed by atoms with E-state index in [0.717, 1.165) is 35.5 Å². The molecular weight excluding hydrogens is 372 g/mol. The van der Waals surface area contributed by atoms with Crippen molar-refractivity contribution in [2.45, 2.75) is 50.4 Å². The van der Waals surface area contributed by atoms with Gasteiger partial charge < -0.3 is 9.84 Å². The molecule has 0 aliphatic heterocycles. The van der Waals surface area contributed by atoms with Crippen LogP contribution in [0.1, 0.15) is 60.8 Å². The zero-order chi connectivity index (χ0) is 20.7. The van der Waals surface area contributed by atoms with Gasteiger partial charge in [0.1, 0.15) is 5.75 Å². The molecule has 0 unspecified atom stereocenters. The first kappa shape index (κ1) is 19.4. The number of carbonyl (C=O) groups is 1. The molecule has 1 N–H and O–H groups in total. The van der Waals surface area contributed by atoms with Crippen LogP contribution in [0.5, 0.6) is 5.75 Å². The summed E-state index contributed by atoms with van der Waals surface area (Å²) in [5.41, 5.74) is 5.24. The quantitative estimate of drug-likeness (QED) is 0.616. The van der Waals surface area contributed by atoms with Crippen LogP contribution in [0.25, 0.3) is 6.08 Å². The van der Waals surface area contributed by atoms with Gasteiger partial charge in [-0.15, -0.1) is 0 Å². The van der Waals surface area contributed by atoms with E-state index in [0.29, 0.717) is 5.41 Å². The highest BCUT2D eigenvalue weighted by molar-refractivity contribution is 5.85. The predicted octanol–water partition coefficient (Wildman–Crippen LogP) is 5.85. The molecule has 0 atom stereocenters. The van der Waals surface area contributed by atoms with E-state index >= 15 is 0 Å². The first-order valence-electron chi connectivity index (χ1n) is 11.2. The number of rotatable bonds is 6. The number of benzene rings is 2. The summed E-state index contributed by atoms with van der Waals surface area (Å²) < 4.78 is 5.85. The van der Waals surface area contributed by atoms with Crippen molar-refractivity contribution in [3.05, 3.63) is 70.8 Å². The zero-order valence-electron chi connectivity index (χ0n) is 17.6. The molecule has 4 fully saturated rings. The summed E-state index contributed by atoms with van der Waals surface area (Å²) in [5.74, 6) is 2.88. The second-order valence-electron chi connectivity index (χ2n) is 9.82. The lowest BCUT2D eigenvalue weighted by Crippen LogP contribution is -2.48. The average molecular weight is 403 g/mol. The zero-order valence-corrected chi connectivity index (χ0v) is 17.6. The topological polar surface area (TPSA) is 46.5 Å². The van der Waals surface area contributed by atoms with Gasteiger partial charge in [0.05, 0.1) is 7.11 Å². The van der Waals surface area contributed by atoms with Crippen molar-refractivity contribution in [2.24, 2.45) is 17.8 Å². The molecule has 30 heavy (non-hydrogen) atoms. The molecule has 0 aromatic heterocycles. The van der Waals surface area contributed by atoms with E-state index in [9.17, 15) is 4.79 Å². The molecule has 0 amide bonds. The van der Waals surface area contributed by atoms with Crippen molar-refractivity contribution in [3.63, 3.8) is 0 Å². The Morgan fingerprint density at radius 2 is 1.60 bits per heavy atom. The monoisotopic (exact) mass is 402 g/mol. The van der Waals surface area contributed by atoms with E-state index in [1.165, 1.54) is 61.3 Å².